The first-order valence-corrected chi connectivity index (χ1v) is 13.7. The van der Waals surface area contributed by atoms with E-state index in [1.807, 2.05) is 38.1 Å². The molecule has 12 heteroatoms. The number of nitrogens with one attached hydrogen (secondary N) is 2. The summed E-state index contributed by atoms with van der Waals surface area (Å²) < 4.78 is 32.9. The van der Waals surface area contributed by atoms with Crippen molar-refractivity contribution in [3.8, 4) is 17.3 Å². The van der Waals surface area contributed by atoms with Crippen molar-refractivity contribution in [1.29, 1.82) is 0 Å². The number of ether oxygens (including phenoxy) is 1. The number of anilines is 2. The average Bonchev–Trinajstić information content (AvgIpc) is 3.43. The number of ketones is 1. The molecule has 0 aliphatic rings. The lowest BCUT2D eigenvalue weighted by atomic mass is 10.1. The number of hydrogen-bond donors (Lipinski definition) is 3. The van der Waals surface area contributed by atoms with E-state index in [9.17, 15) is 13.2 Å². The fraction of sp³-hybridized carbons (Fsp3) is 0.115. The van der Waals surface area contributed by atoms with Gasteiger partial charge in [0.05, 0.1) is 46.3 Å². The lowest BCUT2D eigenvalue weighted by Crippen LogP contribution is -2.09. The first-order chi connectivity index (χ1) is 18.0. The van der Waals surface area contributed by atoms with Crippen LogP contribution < -0.4 is 15.2 Å². The van der Waals surface area contributed by atoms with Gasteiger partial charge in [0, 0.05) is 17.0 Å². The zero-order valence-electron chi connectivity index (χ0n) is 20.6. The Hall–Kier alpha value is -4.35. The summed E-state index contributed by atoms with van der Waals surface area (Å²) in [6.45, 7) is 3.82. The van der Waals surface area contributed by atoms with Gasteiger partial charge in [-0.1, -0.05) is 29.8 Å². The maximum absolute atomic E-state index is 13.3. The van der Waals surface area contributed by atoms with E-state index in [0.717, 1.165) is 17.4 Å². The van der Waals surface area contributed by atoms with Gasteiger partial charge in [-0.25, -0.2) is 18.1 Å². The number of halogens is 1. The van der Waals surface area contributed by atoms with Gasteiger partial charge in [-0.2, -0.15) is 5.10 Å². The third-order valence-corrected chi connectivity index (χ3v) is 6.80. The number of aromatic amines is 1. The van der Waals surface area contributed by atoms with Crippen molar-refractivity contribution >= 4 is 49.8 Å². The van der Waals surface area contributed by atoms with E-state index in [1.54, 1.807) is 24.4 Å². The Labute approximate surface area is 223 Å². The van der Waals surface area contributed by atoms with Crippen LogP contribution in [0.5, 0.6) is 11.6 Å². The first-order valence-electron chi connectivity index (χ1n) is 11.4. The minimum atomic E-state index is -3.53. The average molecular weight is 551 g/mol. The SMILES string of the molecule is Cc1ccccc1Oc1cc(C)c(-n2ncc(C(=O)c3cc4cc(Cl)c(NS(C)(=O)=O)cc4[nH]3)c2N)cn1. The summed E-state index contributed by atoms with van der Waals surface area (Å²) in [5.74, 6) is 0.883. The molecule has 0 unspecified atom stereocenters. The lowest BCUT2D eigenvalue weighted by molar-refractivity contribution is 0.103. The zero-order chi connectivity index (χ0) is 27.2. The van der Waals surface area contributed by atoms with Crippen LogP contribution in [-0.4, -0.2) is 40.2 Å². The van der Waals surface area contributed by atoms with Crippen molar-refractivity contribution < 1.29 is 17.9 Å². The molecule has 0 amide bonds. The van der Waals surface area contributed by atoms with Crippen LogP contribution in [0.2, 0.25) is 5.02 Å². The molecule has 2 aromatic carbocycles. The van der Waals surface area contributed by atoms with Crippen molar-refractivity contribution in [2.45, 2.75) is 13.8 Å². The summed E-state index contributed by atoms with van der Waals surface area (Å²) in [5, 5.41) is 5.15. The molecule has 0 aliphatic carbocycles. The van der Waals surface area contributed by atoms with E-state index in [-0.39, 0.29) is 33.6 Å². The van der Waals surface area contributed by atoms with Crippen molar-refractivity contribution in [2.75, 3.05) is 16.7 Å². The standard InChI is InChI=1S/C26H23ClN6O4S/c1-14-6-4-5-7-23(14)37-24-8-15(2)22(13-29-24)33-26(28)17(12-30-33)25(34)21-10-16-9-18(27)20(11-19(16)31-21)32-38(3,35)36/h4-13,31-32H,28H2,1-3H3. The lowest BCUT2D eigenvalue weighted by Gasteiger charge is -2.11. The van der Waals surface area contributed by atoms with Gasteiger partial charge in [-0.05, 0) is 49.2 Å². The molecule has 38 heavy (non-hydrogen) atoms. The van der Waals surface area contributed by atoms with E-state index in [0.29, 0.717) is 28.2 Å². The van der Waals surface area contributed by atoms with Crippen LogP contribution in [0.25, 0.3) is 16.6 Å². The number of fused-ring (bicyclic) bond motifs is 1. The monoisotopic (exact) mass is 550 g/mol. The van der Waals surface area contributed by atoms with Gasteiger partial charge in [-0.15, -0.1) is 0 Å². The third-order valence-electron chi connectivity index (χ3n) is 5.89. The van der Waals surface area contributed by atoms with Gasteiger partial charge in [0.2, 0.25) is 21.7 Å². The van der Waals surface area contributed by atoms with E-state index in [2.05, 4.69) is 19.8 Å². The van der Waals surface area contributed by atoms with Gasteiger partial charge in [-0.3, -0.25) is 9.52 Å². The number of benzene rings is 2. The number of sulfonamides is 1. The molecule has 0 saturated carbocycles. The molecule has 194 valence electrons. The molecule has 0 spiro atoms. The number of aryl methyl sites for hydroxylation is 2. The van der Waals surface area contributed by atoms with Crippen LogP contribution in [0.1, 0.15) is 27.2 Å². The molecule has 0 atom stereocenters. The summed E-state index contributed by atoms with van der Waals surface area (Å²) >= 11 is 6.22. The molecule has 3 heterocycles. The number of pyridine rings is 1. The highest BCUT2D eigenvalue weighted by molar-refractivity contribution is 7.92. The summed E-state index contributed by atoms with van der Waals surface area (Å²) in [7, 11) is -3.53. The third kappa shape index (κ3) is 4.93. The highest BCUT2D eigenvalue weighted by atomic mass is 35.5. The maximum Gasteiger partial charge on any atom is 0.229 e. The summed E-state index contributed by atoms with van der Waals surface area (Å²) in [5.41, 5.74) is 9.89. The fourth-order valence-electron chi connectivity index (χ4n) is 4.01. The summed E-state index contributed by atoms with van der Waals surface area (Å²) in [4.78, 5) is 20.7. The van der Waals surface area contributed by atoms with Crippen LogP contribution >= 0.6 is 11.6 Å². The number of carbonyl (C=O) groups is 1. The van der Waals surface area contributed by atoms with Crippen LogP contribution in [0.4, 0.5) is 11.5 Å². The topological polar surface area (TPSA) is 145 Å². The minimum Gasteiger partial charge on any atom is -0.439 e. The Morgan fingerprint density at radius 3 is 2.58 bits per heavy atom. The van der Waals surface area contributed by atoms with Gasteiger partial charge in [0.1, 0.15) is 11.6 Å². The molecule has 5 rings (SSSR count). The molecule has 0 radical (unpaired) electrons. The van der Waals surface area contributed by atoms with E-state index in [1.165, 1.54) is 16.9 Å². The predicted molar refractivity (Wildman–Crippen MR) is 147 cm³/mol. The number of para-hydroxylation sites is 1. The highest BCUT2D eigenvalue weighted by Crippen LogP contribution is 2.31. The number of carbonyl (C=O) groups excluding carboxylic acids is 1. The summed E-state index contributed by atoms with van der Waals surface area (Å²) in [6.07, 6.45) is 4.01. The molecule has 3 aromatic heterocycles. The number of nitrogens with zero attached hydrogens (tertiary/aromatic N) is 3. The van der Waals surface area contributed by atoms with Gasteiger partial charge >= 0.3 is 0 Å². The molecule has 5 aromatic rings. The molecular weight excluding hydrogens is 528 g/mol. The second-order valence-electron chi connectivity index (χ2n) is 8.84. The number of hydrogen-bond acceptors (Lipinski definition) is 7. The van der Waals surface area contributed by atoms with Crippen molar-refractivity contribution in [3.05, 3.63) is 88.3 Å². The van der Waals surface area contributed by atoms with E-state index >= 15 is 0 Å². The number of nitrogen functional groups attached to an aromatic ring is 1. The largest absolute Gasteiger partial charge is 0.439 e. The number of aromatic nitrogens is 4. The normalized spacial score (nSPS) is 11.6. The van der Waals surface area contributed by atoms with Crippen molar-refractivity contribution in [2.24, 2.45) is 0 Å². The number of nitrogens with two attached hydrogens (primary N) is 1. The van der Waals surface area contributed by atoms with Crippen LogP contribution in [0.3, 0.4) is 0 Å². The quantitative estimate of drug-likeness (QED) is 0.242. The molecule has 10 nitrogen and oxygen atoms in total. The Morgan fingerprint density at radius 1 is 1.11 bits per heavy atom. The Balaban J connectivity index is 1.43. The van der Waals surface area contributed by atoms with Crippen LogP contribution in [0.15, 0.2) is 60.9 Å². The van der Waals surface area contributed by atoms with E-state index < -0.39 is 10.0 Å². The minimum absolute atomic E-state index is 0.142. The Bertz CT molecular complexity index is 1830. The summed E-state index contributed by atoms with van der Waals surface area (Å²) in [6, 6.07) is 14.1. The van der Waals surface area contributed by atoms with Crippen molar-refractivity contribution in [1.82, 2.24) is 19.7 Å². The second kappa shape index (κ2) is 9.51. The van der Waals surface area contributed by atoms with E-state index in [4.69, 9.17) is 22.1 Å². The zero-order valence-corrected chi connectivity index (χ0v) is 22.2. The van der Waals surface area contributed by atoms with Crippen LogP contribution in [-0.2, 0) is 10.0 Å². The Kier molecular flexibility index (Phi) is 6.33. The smallest absolute Gasteiger partial charge is 0.229 e. The number of rotatable bonds is 7. The fourth-order valence-corrected chi connectivity index (χ4v) is 4.85. The van der Waals surface area contributed by atoms with Crippen LogP contribution in [0, 0.1) is 13.8 Å². The van der Waals surface area contributed by atoms with Gasteiger partial charge < -0.3 is 15.5 Å². The van der Waals surface area contributed by atoms with Crippen molar-refractivity contribution in [3.63, 3.8) is 0 Å². The molecule has 0 aliphatic heterocycles. The molecule has 0 bridgehead atoms. The molecular formula is C26H23ClN6O4S. The highest BCUT2D eigenvalue weighted by Gasteiger charge is 2.21. The second-order valence-corrected chi connectivity index (χ2v) is 11.0. The maximum atomic E-state index is 13.3. The molecule has 4 N–H and O–H groups in total. The van der Waals surface area contributed by atoms with Gasteiger partial charge in [0.15, 0.2) is 0 Å². The first kappa shape index (κ1) is 25.3. The Morgan fingerprint density at radius 2 is 1.87 bits per heavy atom. The van der Waals surface area contributed by atoms with Gasteiger partial charge in [0.25, 0.3) is 0 Å². The molecule has 0 fully saturated rings. The predicted octanol–water partition coefficient (Wildman–Crippen LogP) is 5.00. The number of H-pyrrole nitrogens is 1. The molecule has 0 saturated heterocycles.